The second-order valence-electron chi connectivity index (χ2n) is 5.44. The van der Waals surface area contributed by atoms with Crippen molar-refractivity contribution in [3.8, 4) is 0 Å². The zero-order valence-corrected chi connectivity index (χ0v) is 12.2. The number of nitrogens with one attached hydrogen (secondary N) is 1. The minimum Gasteiger partial charge on any atom is -0.380 e. The fraction of sp³-hybridized carbons (Fsp3) is 0.625. The highest BCUT2D eigenvalue weighted by Gasteiger charge is 2.10. The standard InChI is InChI=1S/C16H26N2O/c1-14(12-17-2)16-6-4-15(5-7-16)13-18-8-3-10-19-11-9-18/h4-7,14,17H,3,8-13H2,1-2H3. The van der Waals surface area contributed by atoms with Gasteiger partial charge in [-0.15, -0.1) is 0 Å². The molecule has 0 aromatic heterocycles. The topological polar surface area (TPSA) is 24.5 Å². The Morgan fingerprint density at radius 2 is 2.00 bits per heavy atom. The molecule has 0 saturated carbocycles. The Labute approximate surface area is 116 Å². The summed E-state index contributed by atoms with van der Waals surface area (Å²) in [4.78, 5) is 2.49. The van der Waals surface area contributed by atoms with E-state index in [9.17, 15) is 0 Å². The van der Waals surface area contributed by atoms with E-state index in [1.165, 1.54) is 11.1 Å². The van der Waals surface area contributed by atoms with Gasteiger partial charge in [0.2, 0.25) is 0 Å². The van der Waals surface area contributed by atoms with Crippen LogP contribution in [0.1, 0.15) is 30.4 Å². The Balaban J connectivity index is 1.90. The molecular formula is C16H26N2O. The lowest BCUT2D eigenvalue weighted by Crippen LogP contribution is -2.25. The van der Waals surface area contributed by atoms with E-state index >= 15 is 0 Å². The van der Waals surface area contributed by atoms with Gasteiger partial charge in [0.05, 0.1) is 6.61 Å². The van der Waals surface area contributed by atoms with Gasteiger partial charge in [-0.25, -0.2) is 0 Å². The third-order valence-corrected chi connectivity index (χ3v) is 3.78. The Hall–Kier alpha value is -0.900. The Bertz CT molecular complexity index is 356. The van der Waals surface area contributed by atoms with Crippen LogP contribution in [-0.4, -0.2) is 44.8 Å². The highest BCUT2D eigenvalue weighted by Crippen LogP contribution is 2.16. The van der Waals surface area contributed by atoms with Crippen LogP contribution in [0.25, 0.3) is 0 Å². The first-order valence-electron chi connectivity index (χ1n) is 7.33. The Morgan fingerprint density at radius 1 is 1.21 bits per heavy atom. The lowest BCUT2D eigenvalue weighted by molar-refractivity contribution is 0.140. The average Bonchev–Trinajstić information content (AvgIpc) is 2.68. The van der Waals surface area contributed by atoms with E-state index in [2.05, 4.69) is 41.4 Å². The molecule has 1 saturated heterocycles. The van der Waals surface area contributed by atoms with Gasteiger partial charge in [-0.05, 0) is 30.5 Å². The van der Waals surface area contributed by atoms with E-state index in [1.807, 2.05) is 7.05 Å². The molecule has 1 aliphatic rings. The molecule has 1 aliphatic heterocycles. The molecule has 1 heterocycles. The third kappa shape index (κ3) is 4.60. The first kappa shape index (κ1) is 14.5. The molecule has 1 aromatic rings. The van der Waals surface area contributed by atoms with E-state index in [-0.39, 0.29) is 0 Å². The van der Waals surface area contributed by atoms with Crippen molar-refractivity contribution >= 4 is 0 Å². The van der Waals surface area contributed by atoms with Crippen molar-refractivity contribution < 1.29 is 4.74 Å². The number of rotatable bonds is 5. The second kappa shape index (κ2) is 7.63. The molecule has 1 fully saturated rings. The monoisotopic (exact) mass is 262 g/mol. The summed E-state index contributed by atoms with van der Waals surface area (Å²) in [7, 11) is 2.01. The molecule has 3 nitrogen and oxygen atoms in total. The molecule has 19 heavy (non-hydrogen) atoms. The summed E-state index contributed by atoms with van der Waals surface area (Å²) in [6.45, 7) is 8.33. The number of benzene rings is 1. The van der Waals surface area contributed by atoms with E-state index in [0.29, 0.717) is 5.92 Å². The van der Waals surface area contributed by atoms with Crippen LogP contribution in [0, 0.1) is 0 Å². The maximum absolute atomic E-state index is 5.49. The summed E-state index contributed by atoms with van der Waals surface area (Å²) in [6.07, 6.45) is 1.15. The molecule has 0 aliphatic carbocycles. The normalized spacial score (nSPS) is 19.1. The predicted molar refractivity (Wildman–Crippen MR) is 79.5 cm³/mol. The van der Waals surface area contributed by atoms with Crippen LogP contribution in [0.3, 0.4) is 0 Å². The highest BCUT2D eigenvalue weighted by molar-refractivity contribution is 5.25. The summed E-state index contributed by atoms with van der Waals surface area (Å²) >= 11 is 0. The number of hydrogen-bond acceptors (Lipinski definition) is 3. The van der Waals surface area contributed by atoms with Gasteiger partial charge in [-0.1, -0.05) is 31.2 Å². The lowest BCUT2D eigenvalue weighted by atomic mass is 10.00. The molecule has 0 bridgehead atoms. The van der Waals surface area contributed by atoms with Crippen LogP contribution in [0.15, 0.2) is 24.3 Å². The maximum Gasteiger partial charge on any atom is 0.0593 e. The number of ether oxygens (including phenoxy) is 1. The molecule has 0 amide bonds. The first-order chi connectivity index (χ1) is 9.29. The van der Waals surface area contributed by atoms with Crippen LogP contribution in [-0.2, 0) is 11.3 Å². The van der Waals surface area contributed by atoms with Crippen molar-refractivity contribution in [2.24, 2.45) is 0 Å². The molecule has 1 unspecified atom stereocenters. The SMILES string of the molecule is CNCC(C)c1ccc(CN2CCCOCC2)cc1. The number of likely N-dealkylation sites (N-methyl/N-ethyl adjacent to an activating group) is 1. The Kier molecular flexibility index (Phi) is 5.83. The van der Waals surface area contributed by atoms with Gasteiger partial charge < -0.3 is 10.1 Å². The minimum atomic E-state index is 0.575. The lowest BCUT2D eigenvalue weighted by Gasteiger charge is -2.19. The fourth-order valence-electron chi connectivity index (χ4n) is 2.59. The number of hydrogen-bond donors (Lipinski definition) is 1. The van der Waals surface area contributed by atoms with E-state index in [4.69, 9.17) is 4.74 Å². The highest BCUT2D eigenvalue weighted by atomic mass is 16.5. The zero-order chi connectivity index (χ0) is 13.5. The smallest absolute Gasteiger partial charge is 0.0593 e. The van der Waals surface area contributed by atoms with Crippen LogP contribution in [0.5, 0.6) is 0 Å². The maximum atomic E-state index is 5.49. The van der Waals surface area contributed by atoms with Gasteiger partial charge in [0.25, 0.3) is 0 Å². The van der Waals surface area contributed by atoms with Gasteiger partial charge in [0, 0.05) is 32.8 Å². The van der Waals surface area contributed by atoms with Crippen molar-refractivity contribution in [3.05, 3.63) is 35.4 Å². The molecule has 106 valence electrons. The fourth-order valence-corrected chi connectivity index (χ4v) is 2.59. The largest absolute Gasteiger partial charge is 0.380 e. The van der Waals surface area contributed by atoms with Crippen molar-refractivity contribution in [3.63, 3.8) is 0 Å². The van der Waals surface area contributed by atoms with Crippen LogP contribution < -0.4 is 5.32 Å². The minimum absolute atomic E-state index is 0.575. The summed E-state index contributed by atoms with van der Waals surface area (Å²) in [5.41, 5.74) is 2.82. The summed E-state index contributed by atoms with van der Waals surface area (Å²) in [5.74, 6) is 0.575. The van der Waals surface area contributed by atoms with Gasteiger partial charge in [-0.2, -0.15) is 0 Å². The third-order valence-electron chi connectivity index (χ3n) is 3.78. The molecular weight excluding hydrogens is 236 g/mol. The van der Waals surface area contributed by atoms with Gasteiger partial charge in [0.1, 0.15) is 0 Å². The van der Waals surface area contributed by atoms with E-state index < -0.39 is 0 Å². The van der Waals surface area contributed by atoms with Crippen LogP contribution >= 0.6 is 0 Å². The predicted octanol–water partition coefficient (Wildman–Crippen LogP) is 2.23. The average molecular weight is 262 g/mol. The molecule has 1 atom stereocenters. The quantitative estimate of drug-likeness (QED) is 0.880. The van der Waals surface area contributed by atoms with E-state index in [1.54, 1.807) is 0 Å². The van der Waals surface area contributed by atoms with Gasteiger partial charge >= 0.3 is 0 Å². The summed E-state index contributed by atoms with van der Waals surface area (Å²) < 4.78 is 5.49. The van der Waals surface area contributed by atoms with Crippen molar-refractivity contribution in [2.75, 3.05) is 39.9 Å². The molecule has 1 aromatic carbocycles. The first-order valence-corrected chi connectivity index (χ1v) is 7.33. The Morgan fingerprint density at radius 3 is 2.74 bits per heavy atom. The van der Waals surface area contributed by atoms with Crippen molar-refractivity contribution in [1.82, 2.24) is 10.2 Å². The zero-order valence-electron chi connectivity index (χ0n) is 12.2. The van der Waals surface area contributed by atoms with Crippen LogP contribution in [0.4, 0.5) is 0 Å². The van der Waals surface area contributed by atoms with Gasteiger partial charge in [-0.3, -0.25) is 4.90 Å². The molecule has 2 rings (SSSR count). The number of nitrogens with zero attached hydrogens (tertiary/aromatic N) is 1. The molecule has 0 radical (unpaired) electrons. The van der Waals surface area contributed by atoms with E-state index in [0.717, 1.165) is 45.8 Å². The molecule has 0 spiro atoms. The van der Waals surface area contributed by atoms with Crippen LogP contribution in [0.2, 0.25) is 0 Å². The second-order valence-corrected chi connectivity index (χ2v) is 5.44. The van der Waals surface area contributed by atoms with Gasteiger partial charge in [0.15, 0.2) is 0 Å². The molecule has 3 heteroatoms. The molecule has 1 N–H and O–H groups in total. The van der Waals surface area contributed by atoms with Crippen molar-refractivity contribution in [2.45, 2.75) is 25.8 Å². The summed E-state index contributed by atoms with van der Waals surface area (Å²) in [6, 6.07) is 9.08. The van der Waals surface area contributed by atoms with Crippen molar-refractivity contribution in [1.29, 1.82) is 0 Å². The summed E-state index contributed by atoms with van der Waals surface area (Å²) in [5, 5.41) is 3.23.